The van der Waals surface area contributed by atoms with E-state index in [1.807, 2.05) is 0 Å². The summed E-state index contributed by atoms with van der Waals surface area (Å²) in [4.78, 5) is 26.3. The lowest BCUT2D eigenvalue weighted by atomic mass is 10.2. The molecule has 8 heteroatoms. The Morgan fingerprint density at radius 1 is 1.35 bits per heavy atom. The van der Waals surface area contributed by atoms with Gasteiger partial charge in [-0.15, -0.1) is 0 Å². The van der Waals surface area contributed by atoms with E-state index in [0.29, 0.717) is 19.4 Å². The molecule has 0 aromatic rings. The maximum atomic E-state index is 12.2. The second kappa shape index (κ2) is 5.69. The quantitative estimate of drug-likeness (QED) is 0.729. The number of hydrogen-bond acceptors (Lipinski definition) is 5. The van der Waals surface area contributed by atoms with Gasteiger partial charge in [0.15, 0.2) is 9.84 Å². The van der Waals surface area contributed by atoms with E-state index < -0.39 is 21.8 Å². The van der Waals surface area contributed by atoms with Gasteiger partial charge in [-0.1, -0.05) is 0 Å². The zero-order valence-electron chi connectivity index (χ0n) is 11.5. The molecule has 2 saturated heterocycles. The molecule has 0 aliphatic carbocycles. The maximum absolute atomic E-state index is 12.2. The summed E-state index contributed by atoms with van der Waals surface area (Å²) < 4.78 is 22.9. The first kappa shape index (κ1) is 15.2. The molecule has 0 radical (unpaired) electrons. The number of likely N-dealkylation sites (N-methyl/N-ethyl adjacent to an activating group) is 1. The number of carbonyl (C=O) groups is 2. The average molecular weight is 304 g/mol. The number of carbonyl (C=O) groups excluding carboxylic acids is 1. The first-order valence-electron chi connectivity index (χ1n) is 6.73. The smallest absolute Gasteiger partial charge is 0.320 e. The van der Waals surface area contributed by atoms with Gasteiger partial charge in [0.25, 0.3) is 0 Å². The molecule has 0 aromatic carbocycles. The highest BCUT2D eigenvalue weighted by Gasteiger charge is 2.36. The number of hydrogen-bond donors (Lipinski definition) is 1. The van der Waals surface area contributed by atoms with Gasteiger partial charge in [0, 0.05) is 13.1 Å². The number of amides is 1. The van der Waals surface area contributed by atoms with Gasteiger partial charge in [0.05, 0.1) is 18.1 Å². The Bertz CT molecular complexity index is 504. The molecule has 2 rings (SSSR count). The third-order valence-corrected chi connectivity index (χ3v) is 5.89. The molecule has 1 amide bonds. The van der Waals surface area contributed by atoms with Gasteiger partial charge in [-0.25, -0.2) is 8.42 Å². The van der Waals surface area contributed by atoms with Crippen molar-refractivity contribution in [3.63, 3.8) is 0 Å². The molecule has 114 valence electrons. The number of carboxylic acid groups (broad SMARTS) is 1. The lowest BCUT2D eigenvalue weighted by Gasteiger charge is -2.27. The second-order valence-corrected chi connectivity index (χ2v) is 7.76. The van der Waals surface area contributed by atoms with E-state index in [-0.39, 0.29) is 30.0 Å². The molecule has 2 atom stereocenters. The van der Waals surface area contributed by atoms with Crippen LogP contribution in [-0.4, -0.2) is 78.9 Å². The Labute approximate surface area is 118 Å². The average Bonchev–Trinajstić information content (AvgIpc) is 2.94. The summed E-state index contributed by atoms with van der Waals surface area (Å²) in [6.45, 7) is 0.642. The van der Waals surface area contributed by atoms with Crippen molar-refractivity contribution >= 4 is 21.7 Å². The summed E-state index contributed by atoms with van der Waals surface area (Å²) in [5, 5.41) is 9.07. The Kier molecular flexibility index (Phi) is 4.33. The highest BCUT2D eigenvalue weighted by Crippen LogP contribution is 2.20. The van der Waals surface area contributed by atoms with Crippen LogP contribution >= 0.6 is 0 Å². The SMILES string of the molecule is CN(C(=O)CN1CCCC1C(=O)O)C1CCS(=O)(=O)C1. The van der Waals surface area contributed by atoms with Crippen molar-refractivity contribution in [3.05, 3.63) is 0 Å². The van der Waals surface area contributed by atoms with Crippen molar-refractivity contribution in [2.75, 3.05) is 31.6 Å². The van der Waals surface area contributed by atoms with Gasteiger partial charge < -0.3 is 10.0 Å². The molecule has 0 saturated carbocycles. The van der Waals surface area contributed by atoms with Gasteiger partial charge in [0.1, 0.15) is 6.04 Å². The van der Waals surface area contributed by atoms with E-state index in [1.54, 1.807) is 11.9 Å². The summed E-state index contributed by atoms with van der Waals surface area (Å²) in [6.07, 6.45) is 1.79. The molecule has 2 aliphatic rings. The first-order chi connectivity index (χ1) is 9.30. The van der Waals surface area contributed by atoms with Gasteiger partial charge in [-0.3, -0.25) is 14.5 Å². The van der Waals surface area contributed by atoms with E-state index in [1.165, 1.54) is 4.90 Å². The van der Waals surface area contributed by atoms with Crippen LogP contribution in [0.25, 0.3) is 0 Å². The monoisotopic (exact) mass is 304 g/mol. The fourth-order valence-electron chi connectivity index (χ4n) is 2.86. The lowest BCUT2D eigenvalue weighted by molar-refractivity contribution is -0.143. The van der Waals surface area contributed by atoms with Crippen LogP contribution in [0.3, 0.4) is 0 Å². The molecule has 0 bridgehead atoms. The van der Waals surface area contributed by atoms with Gasteiger partial charge in [-0.05, 0) is 25.8 Å². The summed E-state index contributed by atoms with van der Waals surface area (Å²) in [5.41, 5.74) is 0. The fourth-order valence-corrected chi connectivity index (χ4v) is 4.64. The number of carboxylic acids is 1. The van der Waals surface area contributed by atoms with Crippen LogP contribution in [0.4, 0.5) is 0 Å². The minimum absolute atomic E-state index is 0.0115. The molecule has 0 aromatic heterocycles. The number of rotatable bonds is 4. The van der Waals surface area contributed by atoms with Crippen LogP contribution in [0.15, 0.2) is 0 Å². The van der Waals surface area contributed by atoms with Crippen molar-refractivity contribution in [2.45, 2.75) is 31.3 Å². The number of aliphatic carboxylic acids is 1. The zero-order valence-corrected chi connectivity index (χ0v) is 12.3. The maximum Gasteiger partial charge on any atom is 0.320 e. The Balaban J connectivity index is 1.93. The fraction of sp³-hybridized carbons (Fsp3) is 0.833. The Morgan fingerprint density at radius 3 is 2.60 bits per heavy atom. The van der Waals surface area contributed by atoms with E-state index in [0.717, 1.165) is 6.42 Å². The molecule has 7 nitrogen and oxygen atoms in total. The van der Waals surface area contributed by atoms with Gasteiger partial charge >= 0.3 is 5.97 Å². The summed E-state index contributed by atoms with van der Waals surface area (Å²) >= 11 is 0. The van der Waals surface area contributed by atoms with Crippen molar-refractivity contribution in [1.82, 2.24) is 9.80 Å². The predicted molar refractivity (Wildman–Crippen MR) is 72.1 cm³/mol. The van der Waals surface area contributed by atoms with E-state index >= 15 is 0 Å². The molecular weight excluding hydrogens is 284 g/mol. The number of likely N-dealkylation sites (tertiary alicyclic amines) is 1. The first-order valence-corrected chi connectivity index (χ1v) is 8.55. The Morgan fingerprint density at radius 2 is 2.05 bits per heavy atom. The van der Waals surface area contributed by atoms with Crippen molar-refractivity contribution in [1.29, 1.82) is 0 Å². The molecule has 2 heterocycles. The lowest BCUT2D eigenvalue weighted by Crippen LogP contribution is -2.46. The Hall–Kier alpha value is -1.15. The molecule has 0 spiro atoms. The summed E-state index contributed by atoms with van der Waals surface area (Å²) in [5.74, 6) is -0.976. The van der Waals surface area contributed by atoms with Gasteiger partial charge in [0.2, 0.25) is 5.91 Å². The van der Waals surface area contributed by atoms with Crippen LogP contribution in [0, 0.1) is 0 Å². The van der Waals surface area contributed by atoms with Crippen molar-refractivity contribution in [3.8, 4) is 0 Å². The van der Waals surface area contributed by atoms with Crippen LogP contribution in [0.5, 0.6) is 0 Å². The van der Waals surface area contributed by atoms with Crippen molar-refractivity contribution < 1.29 is 23.1 Å². The third kappa shape index (κ3) is 3.29. The largest absolute Gasteiger partial charge is 0.480 e. The van der Waals surface area contributed by atoms with E-state index in [9.17, 15) is 18.0 Å². The van der Waals surface area contributed by atoms with Crippen LogP contribution in [0.2, 0.25) is 0 Å². The molecule has 2 unspecified atom stereocenters. The summed E-state index contributed by atoms with van der Waals surface area (Å²) in [6, 6.07) is -0.877. The minimum atomic E-state index is -3.03. The summed E-state index contributed by atoms with van der Waals surface area (Å²) in [7, 11) is -1.43. The molecule has 2 aliphatic heterocycles. The normalized spacial score (nSPS) is 29.4. The molecule has 2 fully saturated rings. The third-order valence-electron chi connectivity index (χ3n) is 4.14. The number of nitrogens with zero attached hydrogens (tertiary/aromatic N) is 2. The van der Waals surface area contributed by atoms with Gasteiger partial charge in [-0.2, -0.15) is 0 Å². The topological polar surface area (TPSA) is 95.0 Å². The number of sulfone groups is 1. The zero-order chi connectivity index (χ0) is 14.9. The second-order valence-electron chi connectivity index (χ2n) is 5.53. The minimum Gasteiger partial charge on any atom is -0.480 e. The standard InChI is InChI=1S/C12H20N2O5S/c1-13(9-4-6-20(18,19)8-9)11(15)7-14-5-2-3-10(14)12(16)17/h9-10H,2-8H2,1H3,(H,16,17). The molecule has 1 N–H and O–H groups in total. The van der Waals surface area contributed by atoms with E-state index in [2.05, 4.69) is 0 Å². The molecular formula is C12H20N2O5S. The van der Waals surface area contributed by atoms with Crippen LogP contribution in [-0.2, 0) is 19.4 Å². The van der Waals surface area contributed by atoms with Crippen LogP contribution in [0.1, 0.15) is 19.3 Å². The highest BCUT2D eigenvalue weighted by molar-refractivity contribution is 7.91. The van der Waals surface area contributed by atoms with Crippen LogP contribution < -0.4 is 0 Å². The highest BCUT2D eigenvalue weighted by atomic mass is 32.2. The van der Waals surface area contributed by atoms with Crippen molar-refractivity contribution in [2.24, 2.45) is 0 Å². The predicted octanol–water partition coefficient (Wildman–Crippen LogP) is -0.819. The van der Waals surface area contributed by atoms with E-state index in [4.69, 9.17) is 5.11 Å². The molecule has 20 heavy (non-hydrogen) atoms.